The Hall–Kier alpha value is -2.18. The second-order valence-corrected chi connectivity index (χ2v) is 7.07. The first kappa shape index (κ1) is 17.2. The van der Waals surface area contributed by atoms with Crippen LogP contribution in [0.3, 0.4) is 0 Å². The summed E-state index contributed by atoms with van der Waals surface area (Å²) in [6.45, 7) is 9.24. The molecule has 4 rings (SSSR count). The van der Waals surface area contributed by atoms with Crippen molar-refractivity contribution in [1.82, 2.24) is 24.4 Å². The van der Waals surface area contributed by atoms with E-state index in [0.29, 0.717) is 5.02 Å². The zero-order chi connectivity index (χ0) is 18.3. The van der Waals surface area contributed by atoms with E-state index in [0.717, 1.165) is 66.9 Å². The van der Waals surface area contributed by atoms with Crippen LogP contribution in [0.5, 0.6) is 0 Å². The molecule has 136 valence electrons. The van der Waals surface area contributed by atoms with Crippen LogP contribution >= 0.6 is 11.6 Å². The van der Waals surface area contributed by atoms with E-state index in [1.165, 1.54) is 0 Å². The van der Waals surface area contributed by atoms with E-state index in [1.807, 2.05) is 42.8 Å². The van der Waals surface area contributed by atoms with Gasteiger partial charge >= 0.3 is 0 Å². The normalized spacial score (nSPS) is 15.8. The van der Waals surface area contributed by atoms with Crippen LogP contribution in [0.25, 0.3) is 22.6 Å². The van der Waals surface area contributed by atoms with Crippen LogP contribution in [0.15, 0.2) is 24.3 Å². The second kappa shape index (κ2) is 6.85. The first-order valence-corrected chi connectivity index (χ1v) is 9.39. The first-order valence-electron chi connectivity index (χ1n) is 9.01. The summed E-state index contributed by atoms with van der Waals surface area (Å²) in [5.41, 5.74) is 2.60. The van der Waals surface area contributed by atoms with Crippen molar-refractivity contribution in [3.63, 3.8) is 0 Å². The highest BCUT2D eigenvalue weighted by Crippen LogP contribution is 2.32. The highest BCUT2D eigenvalue weighted by Gasteiger charge is 2.23. The van der Waals surface area contributed by atoms with Gasteiger partial charge < -0.3 is 14.4 Å². The van der Waals surface area contributed by atoms with Crippen molar-refractivity contribution in [1.29, 1.82) is 0 Å². The van der Waals surface area contributed by atoms with Gasteiger partial charge in [0.2, 0.25) is 0 Å². The van der Waals surface area contributed by atoms with Crippen molar-refractivity contribution >= 4 is 28.6 Å². The Bertz CT molecular complexity index is 943. The highest BCUT2D eigenvalue weighted by atomic mass is 35.5. The maximum Gasteiger partial charge on any atom is 0.165 e. The lowest BCUT2D eigenvalue weighted by molar-refractivity contribution is 0.270. The minimum Gasteiger partial charge on any atom is -0.352 e. The molecule has 6 nitrogen and oxygen atoms in total. The summed E-state index contributed by atoms with van der Waals surface area (Å²) in [6.07, 6.45) is 0. The number of nitrogens with zero attached hydrogens (tertiary/aromatic N) is 6. The standard InChI is InChI=1S/C19H23ClN6/c1-4-25-9-11-26(12-10-25)19-16-18(21-13(2)22-19)24(3)17(23-16)14-7-5-6-8-15(14)20/h5-8H,4,9-12H2,1-3H3. The number of likely N-dealkylation sites (N-methyl/N-ethyl adjacent to an activating group) is 1. The molecule has 0 radical (unpaired) electrons. The van der Waals surface area contributed by atoms with E-state index in [9.17, 15) is 0 Å². The van der Waals surface area contributed by atoms with Crippen LogP contribution in [0.4, 0.5) is 5.82 Å². The van der Waals surface area contributed by atoms with Crippen molar-refractivity contribution < 1.29 is 0 Å². The molecule has 0 N–H and O–H groups in total. The summed E-state index contributed by atoms with van der Waals surface area (Å²) in [7, 11) is 1.99. The number of hydrogen-bond donors (Lipinski definition) is 0. The average Bonchev–Trinajstić information content (AvgIpc) is 2.98. The van der Waals surface area contributed by atoms with Gasteiger partial charge in [0.1, 0.15) is 11.6 Å². The summed E-state index contributed by atoms with van der Waals surface area (Å²) in [5, 5.41) is 0.689. The van der Waals surface area contributed by atoms with Crippen LogP contribution in [-0.2, 0) is 7.05 Å². The lowest BCUT2D eigenvalue weighted by Crippen LogP contribution is -2.46. The van der Waals surface area contributed by atoms with Crippen molar-refractivity contribution in [2.75, 3.05) is 37.6 Å². The highest BCUT2D eigenvalue weighted by molar-refractivity contribution is 6.33. The van der Waals surface area contributed by atoms with Crippen LogP contribution in [0, 0.1) is 6.92 Å². The summed E-state index contributed by atoms with van der Waals surface area (Å²) < 4.78 is 2.01. The summed E-state index contributed by atoms with van der Waals surface area (Å²) in [6, 6.07) is 7.78. The number of aromatic nitrogens is 4. The van der Waals surface area contributed by atoms with Crippen LogP contribution in [0.2, 0.25) is 5.02 Å². The van der Waals surface area contributed by atoms with E-state index in [1.54, 1.807) is 0 Å². The summed E-state index contributed by atoms with van der Waals surface area (Å²) in [4.78, 5) is 19.1. The Morgan fingerprint density at radius 1 is 1.04 bits per heavy atom. The monoisotopic (exact) mass is 370 g/mol. The van der Waals surface area contributed by atoms with E-state index in [-0.39, 0.29) is 0 Å². The molecule has 26 heavy (non-hydrogen) atoms. The van der Waals surface area contributed by atoms with Gasteiger partial charge in [0.15, 0.2) is 17.0 Å². The van der Waals surface area contributed by atoms with Gasteiger partial charge in [-0.15, -0.1) is 0 Å². The molecule has 1 saturated heterocycles. The lowest BCUT2D eigenvalue weighted by atomic mass is 10.2. The van der Waals surface area contributed by atoms with Gasteiger partial charge in [-0.25, -0.2) is 15.0 Å². The number of anilines is 1. The molecular formula is C19H23ClN6. The fourth-order valence-corrected chi connectivity index (χ4v) is 3.75. The molecule has 0 amide bonds. The Kier molecular flexibility index (Phi) is 4.54. The molecule has 0 aliphatic carbocycles. The predicted molar refractivity (Wildman–Crippen MR) is 106 cm³/mol. The van der Waals surface area contributed by atoms with Gasteiger partial charge in [-0.2, -0.15) is 0 Å². The van der Waals surface area contributed by atoms with Crippen LogP contribution in [0.1, 0.15) is 12.7 Å². The number of benzene rings is 1. The molecule has 0 saturated carbocycles. The topological polar surface area (TPSA) is 50.1 Å². The average molecular weight is 371 g/mol. The van der Waals surface area contributed by atoms with Gasteiger partial charge in [0.05, 0.1) is 5.02 Å². The van der Waals surface area contributed by atoms with E-state index < -0.39 is 0 Å². The largest absolute Gasteiger partial charge is 0.352 e. The van der Waals surface area contributed by atoms with E-state index in [2.05, 4.69) is 21.7 Å². The Labute approximate surface area is 158 Å². The third kappa shape index (κ3) is 2.93. The molecule has 2 aromatic heterocycles. The summed E-state index contributed by atoms with van der Waals surface area (Å²) >= 11 is 6.40. The molecular weight excluding hydrogens is 348 g/mol. The lowest BCUT2D eigenvalue weighted by Gasteiger charge is -2.34. The Morgan fingerprint density at radius 3 is 2.46 bits per heavy atom. The Morgan fingerprint density at radius 2 is 1.77 bits per heavy atom. The quantitative estimate of drug-likeness (QED) is 0.709. The van der Waals surface area contributed by atoms with Gasteiger partial charge in [-0.1, -0.05) is 30.7 Å². The number of aryl methyl sites for hydroxylation is 2. The van der Waals surface area contributed by atoms with Crippen molar-refractivity contribution in [2.45, 2.75) is 13.8 Å². The molecule has 1 aliphatic rings. The predicted octanol–water partition coefficient (Wildman–Crippen LogP) is 3.13. The fraction of sp³-hybridized carbons (Fsp3) is 0.421. The molecule has 0 atom stereocenters. The maximum atomic E-state index is 6.40. The van der Waals surface area contributed by atoms with Crippen molar-refractivity contribution in [3.8, 4) is 11.4 Å². The number of rotatable bonds is 3. The third-order valence-electron chi connectivity index (χ3n) is 5.05. The minimum atomic E-state index is 0.689. The zero-order valence-electron chi connectivity index (χ0n) is 15.4. The Balaban J connectivity index is 1.82. The molecule has 0 unspecified atom stereocenters. The smallest absolute Gasteiger partial charge is 0.165 e. The van der Waals surface area contributed by atoms with Gasteiger partial charge in [0.25, 0.3) is 0 Å². The van der Waals surface area contributed by atoms with Crippen LogP contribution in [-0.4, -0.2) is 57.1 Å². The minimum absolute atomic E-state index is 0.689. The SMILES string of the molecule is CCN1CCN(c2nc(C)nc3c2nc(-c2ccccc2Cl)n3C)CC1. The molecule has 7 heteroatoms. The van der Waals surface area contributed by atoms with E-state index in [4.69, 9.17) is 21.6 Å². The number of imidazole rings is 1. The van der Waals surface area contributed by atoms with E-state index >= 15 is 0 Å². The first-order chi connectivity index (χ1) is 12.6. The number of hydrogen-bond acceptors (Lipinski definition) is 5. The van der Waals surface area contributed by atoms with Gasteiger partial charge in [-0.05, 0) is 25.6 Å². The molecule has 1 aromatic carbocycles. The molecule has 3 heterocycles. The van der Waals surface area contributed by atoms with Crippen molar-refractivity contribution in [3.05, 3.63) is 35.1 Å². The maximum absolute atomic E-state index is 6.40. The molecule has 0 bridgehead atoms. The number of fused-ring (bicyclic) bond motifs is 1. The summed E-state index contributed by atoms with van der Waals surface area (Å²) in [5.74, 6) is 2.51. The van der Waals surface area contributed by atoms with Gasteiger partial charge in [-0.3, -0.25) is 0 Å². The molecule has 1 aliphatic heterocycles. The second-order valence-electron chi connectivity index (χ2n) is 6.66. The fourth-order valence-electron chi connectivity index (χ4n) is 3.53. The zero-order valence-corrected chi connectivity index (χ0v) is 16.2. The van der Waals surface area contributed by atoms with Crippen molar-refractivity contribution in [2.24, 2.45) is 7.05 Å². The van der Waals surface area contributed by atoms with Crippen LogP contribution < -0.4 is 4.90 Å². The van der Waals surface area contributed by atoms with Gasteiger partial charge in [0, 0.05) is 38.8 Å². The molecule has 1 fully saturated rings. The molecule has 3 aromatic rings. The number of halogens is 1. The molecule has 0 spiro atoms. The third-order valence-corrected chi connectivity index (χ3v) is 5.38. The number of piperazine rings is 1.